The minimum atomic E-state index is -0.300. The summed E-state index contributed by atoms with van der Waals surface area (Å²) < 4.78 is 5.48. The second kappa shape index (κ2) is 3.79. The molecule has 0 spiro atoms. The number of aromatic amines is 1. The van der Waals surface area contributed by atoms with Crippen molar-refractivity contribution in [3.8, 4) is 5.75 Å². The molecule has 0 saturated carbocycles. The van der Waals surface area contributed by atoms with E-state index in [1.165, 1.54) is 0 Å². The minimum absolute atomic E-state index is 0.243. The summed E-state index contributed by atoms with van der Waals surface area (Å²) in [5, 5.41) is 2.67. The Bertz CT molecular complexity index is 588. The van der Waals surface area contributed by atoms with Gasteiger partial charge >= 0.3 is 0 Å². The Balaban J connectivity index is 1.97. The quantitative estimate of drug-likeness (QED) is 0.730. The van der Waals surface area contributed by atoms with Crippen molar-refractivity contribution in [1.82, 2.24) is 9.97 Å². The van der Waals surface area contributed by atoms with E-state index in [0.29, 0.717) is 11.6 Å². The number of nitrogens with zero attached hydrogens (tertiary/aromatic N) is 1. The van der Waals surface area contributed by atoms with Crippen molar-refractivity contribution < 1.29 is 9.53 Å². The summed E-state index contributed by atoms with van der Waals surface area (Å²) >= 11 is 0. The minimum Gasteiger partial charge on any atom is -0.448 e. The number of anilines is 1. The fraction of sp³-hybridized carbons (Fsp3) is 0. The molecular weight excluding hydrogens is 218 g/mol. The molecule has 2 aromatic heterocycles. The lowest BCUT2D eigenvalue weighted by Gasteiger charge is -2.18. The van der Waals surface area contributed by atoms with Crippen LogP contribution in [0.25, 0.3) is 6.08 Å². The van der Waals surface area contributed by atoms with Gasteiger partial charge in [0.25, 0.3) is 5.91 Å². The Kier molecular flexibility index (Phi) is 2.15. The normalized spacial score (nSPS) is 16.2. The highest BCUT2D eigenvalue weighted by atomic mass is 16.5. The summed E-state index contributed by atoms with van der Waals surface area (Å²) in [6, 6.07) is 7.21. The third kappa shape index (κ3) is 1.78. The van der Waals surface area contributed by atoms with Gasteiger partial charge in [0.15, 0.2) is 17.3 Å². The third-order valence-corrected chi connectivity index (χ3v) is 2.35. The van der Waals surface area contributed by atoms with E-state index in [0.717, 1.165) is 5.69 Å². The van der Waals surface area contributed by atoms with Crippen LogP contribution >= 0.6 is 0 Å². The lowest BCUT2D eigenvalue weighted by molar-refractivity contribution is -0.115. The molecule has 2 aromatic rings. The summed E-state index contributed by atoms with van der Waals surface area (Å²) in [6.45, 7) is 0. The van der Waals surface area contributed by atoms with E-state index in [1.54, 1.807) is 30.6 Å². The number of carbonyl (C=O) groups is 1. The number of ether oxygens (including phenoxy) is 1. The number of aromatic nitrogens is 2. The first-order valence-electron chi connectivity index (χ1n) is 5.12. The number of nitrogens with one attached hydrogen (secondary N) is 2. The first kappa shape index (κ1) is 9.65. The van der Waals surface area contributed by atoms with Gasteiger partial charge in [-0.05, 0) is 24.3 Å². The van der Waals surface area contributed by atoms with Gasteiger partial charge < -0.3 is 15.0 Å². The molecule has 0 atom stereocenters. The van der Waals surface area contributed by atoms with Crippen LogP contribution in [0, 0.1) is 0 Å². The van der Waals surface area contributed by atoms with Gasteiger partial charge in [-0.3, -0.25) is 4.79 Å². The Morgan fingerprint density at radius 1 is 1.29 bits per heavy atom. The SMILES string of the molecule is O=C1Nc2ncccc2OC1=Cc1ccc[nH]1. The number of H-pyrrole nitrogens is 1. The zero-order chi connectivity index (χ0) is 11.7. The average Bonchev–Trinajstić information content (AvgIpc) is 2.83. The van der Waals surface area contributed by atoms with Gasteiger partial charge in [-0.15, -0.1) is 0 Å². The van der Waals surface area contributed by atoms with Crippen molar-refractivity contribution in [2.45, 2.75) is 0 Å². The van der Waals surface area contributed by atoms with Crippen LogP contribution in [0.5, 0.6) is 5.75 Å². The maximum Gasteiger partial charge on any atom is 0.292 e. The summed E-state index contributed by atoms with van der Waals surface area (Å²) in [5.41, 5.74) is 0.808. The lowest BCUT2D eigenvalue weighted by atomic mass is 10.3. The number of amides is 1. The monoisotopic (exact) mass is 227 g/mol. The van der Waals surface area contributed by atoms with Gasteiger partial charge in [0.2, 0.25) is 0 Å². The van der Waals surface area contributed by atoms with Crippen molar-refractivity contribution in [2.75, 3.05) is 5.32 Å². The zero-order valence-electron chi connectivity index (χ0n) is 8.81. The molecular formula is C12H9N3O2. The van der Waals surface area contributed by atoms with E-state index in [9.17, 15) is 4.79 Å². The van der Waals surface area contributed by atoms with Gasteiger partial charge in [-0.25, -0.2) is 4.98 Å². The smallest absolute Gasteiger partial charge is 0.292 e. The lowest BCUT2D eigenvalue weighted by Crippen LogP contribution is -2.24. The van der Waals surface area contributed by atoms with Crippen molar-refractivity contribution in [1.29, 1.82) is 0 Å². The summed E-state index contributed by atoms with van der Waals surface area (Å²) in [4.78, 5) is 18.7. The maximum atomic E-state index is 11.7. The number of hydrogen-bond acceptors (Lipinski definition) is 3. The van der Waals surface area contributed by atoms with E-state index >= 15 is 0 Å². The summed E-state index contributed by atoms with van der Waals surface area (Å²) in [6.07, 6.45) is 5.02. The molecule has 2 N–H and O–H groups in total. The predicted octanol–water partition coefficient (Wildman–Crippen LogP) is 1.78. The van der Waals surface area contributed by atoms with E-state index < -0.39 is 0 Å². The number of carbonyl (C=O) groups excluding carboxylic acids is 1. The highest BCUT2D eigenvalue weighted by Crippen LogP contribution is 2.28. The van der Waals surface area contributed by atoms with Crippen LogP contribution in [0.15, 0.2) is 42.4 Å². The zero-order valence-corrected chi connectivity index (χ0v) is 8.81. The number of pyridine rings is 1. The van der Waals surface area contributed by atoms with E-state index in [2.05, 4.69) is 15.3 Å². The second-order valence-electron chi connectivity index (χ2n) is 3.54. The second-order valence-corrected chi connectivity index (χ2v) is 3.54. The van der Waals surface area contributed by atoms with Crippen LogP contribution in [0.2, 0.25) is 0 Å². The molecule has 3 rings (SSSR count). The van der Waals surface area contributed by atoms with Gasteiger partial charge in [-0.1, -0.05) is 0 Å². The topological polar surface area (TPSA) is 67.0 Å². The largest absolute Gasteiger partial charge is 0.448 e. The molecule has 0 aromatic carbocycles. The van der Waals surface area contributed by atoms with Crippen LogP contribution in [-0.4, -0.2) is 15.9 Å². The Hall–Kier alpha value is -2.56. The van der Waals surface area contributed by atoms with Gasteiger partial charge in [0, 0.05) is 24.2 Å². The molecule has 5 nitrogen and oxygen atoms in total. The molecule has 0 aliphatic carbocycles. The Labute approximate surface area is 97.1 Å². The highest BCUT2D eigenvalue weighted by Gasteiger charge is 2.22. The first-order valence-corrected chi connectivity index (χ1v) is 5.12. The molecule has 0 unspecified atom stereocenters. The molecule has 0 fully saturated rings. The fourth-order valence-corrected chi connectivity index (χ4v) is 1.57. The summed E-state index contributed by atoms with van der Waals surface area (Å²) in [5.74, 6) is 0.935. The Morgan fingerprint density at radius 2 is 2.24 bits per heavy atom. The molecule has 17 heavy (non-hydrogen) atoms. The van der Waals surface area contributed by atoms with Crippen LogP contribution in [0.4, 0.5) is 5.82 Å². The molecule has 5 heteroatoms. The maximum absolute atomic E-state index is 11.7. The first-order chi connectivity index (χ1) is 8.33. The number of hydrogen-bond donors (Lipinski definition) is 2. The average molecular weight is 227 g/mol. The molecule has 0 radical (unpaired) electrons. The van der Waals surface area contributed by atoms with Crippen LogP contribution in [0.3, 0.4) is 0 Å². The highest BCUT2D eigenvalue weighted by molar-refractivity contribution is 6.07. The van der Waals surface area contributed by atoms with E-state index in [-0.39, 0.29) is 11.7 Å². The third-order valence-electron chi connectivity index (χ3n) is 2.35. The van der Waals surface area contributed by atoms with Crippen molar-refractivity contribution >= 4 is 17.8 Å². The fourth-order valence-electron chi connectivity index (χ4n) is 1.57. The molecule has 1 aliphatic rings. The standard InChI is InChI=1S/C12H9N3O2/c16-12-10(7-8-3-1-5-13-8)17-9-4-2-6-14-11(9)15-12/h1-7,13H,(H,14,15,16). The molecule has 0 bridgehead atoms. The van der Waals surface area contributed by atoms with Crippen molar-refractivity contribution in [3.63, 3.8) is 0 Å². The van der Waals surface area contributed by atoms with Crippen molar-refractivity contribution in [2.24, 2.45) is 0 Å². The predicted molar refractivity (Wildman–Crippen MR) is 62.3 cm³/mol. The van der Waals surface area contributed by atoms with Crippen molar-refractivity contribution in [3.05, 3.63) is 48.1 Å². The van der Waals surface area contributed by atoms with E-state index in [4.69, 9.17) is 4.74 Å². The number of fused-ring (bicyclic) bond motifs is 1. The molecule has 3 heterocycles. The van der Waals surface area contributed by atoms with Crippen LogP contribution < -0.4 is 10.1 Å². The molecule has 84 valence electrons. The molecule has 1 amide bonds. The van der Waals surface area contributed by atoms with E-state index in [1.807, 2.05) is 12.1 Å². The summed E-state index contributed by atoms with van der Waals surface area (Å²) in [7, 11) is 0. The van der Waals surface area contributed by atoms with Crippen LogP contribution in [0.1, 0.15) is 5.69 Å². The van der Waals surface area contributed by atoms with Gasteiger partial charge in [0.05, 0.1) is 0 Å². The van der Waals surface area contributed by atoms with Crippen LogP contribution in [-0.2, 0) is 4.79 Å². The Morgan fingerprint density at radius 3 is 3.06 bits per heavy atom. The molecule has 1 aliphatic heterocycles. The molecule has 0 saturated heterocycles. The number of rotatable bonds is 1. The van der Waals surface area contributed by atoms with Gasteiger partial charge in [0.1, 0.15) is 0 Å². The van der Waals surface area contributed by atoms with Gasteiger partial charge in [-0.2, -0.15) is 0 Å².